The lowest BCUT2D eigenvalue weighted by Crippen LogP contribution is -2.13. The zero-order valence-electron chi connectivity index (χ0n) is 18.9. The summed E-state index contributed by atoms with van der Waals surface area (Å²) in [5.74, 6) is 0.582. The fraction of sp³-hybridized carbons (Fsp3) is 0.0800. The number of carbonyl (C=O) groups is 1. The minimum atomic E-state index is -0.252. The minimum absolute atomic E-state index is 0.137. The molecule has 9 nitrogen and oxygen atoms in total. The zero-order valence-corrected chi connectivity index (χ0v) is 19.7. The molecule has 172 valence electrons. The van der Waals surface area contributed by atoms with Gasteiger partial charge >= 0.3 is 0 Å². The Hall–Kier alpha value is -4.57. The molecule has 0 spiro atoms. The summed E-state index contributed by atoms with van der Waals surface area (Å²) in [6.07, 6.45) is 5.20. The predicted octanol–water partition coefficient (Wildman–Crippen LogP) is 5.01. The lowest BCUT2D eigenvalue weighted by atomic mass is 10.0. The largest absolute Gasteiger partial charge is 0.368 e. The third kappa shape index (κ3) is 3.60. The van der Waals surface area contributed by atoms with E-state index in [-0.39, 0.29) is 11.9 Å². The molecule has 0 unspecified atom stereocenters. The first-order valence-electron chi connectivity index (χ1n) is 10.9. The van der Waals surface area contributed by atoms with Crippen LogP contribution in [0.25, 0.3) is 31.9 Å². The summed E-state index contributed by atoms with van der Waals surface area (Å²) in [7, 11) is 1.92. The molecule has 35 heavy (non-hydrogen) atoms. The number of carbonyl (C=O) groups excluding carboxylic acids is 1. The lowest BCUT2D eigenvalue weighted by molar-refractivity contribution is 0.102. The SMILES string of the molecule is Cc1ccc2c(Nc3ccc4c(cnn4C)c3)nccc2c1NC(=O)c1csc2cnc(N)nc12. The molecule has 0 saturated carbocycles. The van der Waals surface area contributed by atoms with E-state index >= 15 is 0 Å². The Morgan fingerprint density at radius 2 is 1.97 bits per heavy atom. The second kappa shape index (κ2) is 8.03. The number of anilines is 4. The Labute approximate surface area is 203 Å². The van der Waals surface area contributed by atoms with Gasteiger partial charge in [0.15, 0.2) is 0 Å². The van der Waals surface area contributed by atoms with Crippen LogP contribution in [-0.2, 0) is 7.05 Å². The summed E-state index contributed by atoms with van der Waals surface area (Å²) in [6, 6.07) is 11.9. The summed E-state index contributed by atoms with van der Waals surface area (Å²) in [6.45, 7) is 1.96. The van der Waals surface area contributed by atoms with Crippen molar-refractivity contribution in [3.63, 3.8) is 0 Å². The molecule has 2 aromatic carbocycles. The standard InChI is InChI=1S/C25H20N8OS/c1-13-3-5-17-16(21(13)31-24(34)18-12-35-20-11-28-25(26)32-22(18)20)7-8-27-23(17)30-15-4-6-19-14(9-15)10-29-33(19)2/h3-12H,1-2H3,(H,27,30)(H,31,34)(H2,26,28,32). The number of thiophene rings is 1. The first-order valence-corrected chi connectivity index (χ1v) is 11.7. The van der Waals surface area contributed by atoms with Crippen molar-refractivity contribution in [1.82, 2.24) is 24.7 Å². The summed E-state index contributed by atoms with van der Waals surface area (Å²) in [4.78, 5) is 26.1. The van der Waals surface area contributed by atoms with Crippen LogP contribution in [-0.4, -0.2) is 30.6 Å². The minimum Gasteiger partial charge on any atom is -0.368 e. The number of aryl methyl sites for hydroxylation is 2. The second-order valence-electron chi connectivity index (χ2n) is 8.22. The van der Waals surface area contributed by atoms with Gasteiger partial charge in [-0.15, -0.1) is 11.3 Å². The van der Waals surface area contributed by atoms with Gasteiger partial charge in [0.05, 0.1) is 39.4 Å². The normalized spacial score (nSPS) is 11.4. The lowest BCUT2D eigenvalue weighted by Gasteiger charge is -2.15. The first kappa shape index (κ1) is 21.0. The summed E-state index contributed by atoms with van der Waals surface area (Å²) < 4.78 is 2.64. The highest BCUT2D eigenvalue weighted by Gasteiger charge is 2.17. The van der Waals surface area contributed by atoms with Gasteiger partial charge in [-0.1, -0.05) is 12.1 Å². The molecule has 0 radical (unpaired) electrons. The number of hydrogen-bond donors (Lipinski definition) is 3. The Morgan fingerprint density at radius 3 is 2.86 bits per heavy atom. The van der Waals surface area contributed by atoms with Crippen LogP contribution in [0.15, 0.2) is 60.4 Å². The molecule has 4 heterocycles. The van der Waals surface area contributed by atoms with Crippen molar-refractivity contribution in [1.29, 1.82) is 0 Å². The van der Waals surface area contributed by atoms with E-state index in [0.717, 1.165) is 43.3 Å². The van der Waals surface area contributed by atoms with Crippen molar-refractivity contribution in [3.05, 3.63) is 71.5 Å². The van der Waals surface area contributed by atoms with E-state index in [0.29, 0.717) is 16.9 Å². The van der Waals surface area contributed by atoms with E-state index in [1.165, 1.54) is 11.3 Å². The Morgan fingerprint density at radius 1 is 1.09 bits per heavy atom. The topological polar surface area (TPSA) is 124 Å². The van der Waals surface area contributed by atoms with Gasteiger partial charge in [-0.2, -0.15) is 5.10 Å². The molecule has 0 aliphatic rings. The van der Waals surface area contributed by atoms with Crippen LogP contribution in [0.5, 0.6) is 0 Å². The zero-order chi connectivity index (χ0) is 24.1. The number of amides is 1. The van der Waals surface area contributed by atoms with Crippen molar-refractivity contribution in [3.8, 4) is 0 Å². The number of nitrogens with two attached hydrogens (primary N) is 1. The van der Waals surface area contributed by atoms with Gasteiger partial charge in [0.25, 0.3) is 5.91 Å². The van der Waals surface area contributed by atoms with Gasteiger partial charge in [0, 0.05) is 40.5 Å². The average molecular weight is 481 g/mol. The summed E-state index contributed by atoms with van der Waals surface area (Å²) in [5, 5.41) is 15.4. The third-order valence-electron chi connectivity index (χ3n) is 5.98. The molecule has 0 aliphatic carbocycles. The maximum Gasteiger partial charge on any atom is 0.258 e. The number of fused-ring (bicyclic) bond motifs is 3. The van der Waals surface area contributed by atoms with E-state index in [1.54, 1.807) is 17.8 Å². The van der Waals surface area contributed by atoms with E-state index in [4.69, 9.17) is 5.73 Å². The van der Waals surface area contributed by atoms with Crippen molar-refractivity contribution in [2.24, 2.45) is 7.05 Å². The van der Waals surface area contributed by atoms with Crippen LogP contribution in [0.1, 0.15) is 15.9 Å². The molecule has 0 fully saturated rings. The van der Waals surface area contributed by atoms with Crippen molar-refractivity contribution in [2.45, 2.75) is 6.92 Å². The number of nitrogens with zero attached hydrogens (tertiary/aromatic N) is 5. The van der Waals surface area contributed by atoms with E-state index < -0.39 is 0 Å². The molecule has 0 bridgehead atoms. The molecule has 4 aromatic heterocycles. The third-order valence-corrected chi connectivity index (χ3v) is 6.88. The van der Waals surface area contributed by atoms with Crippen molar-refractivity contribution in [2.75, 3.05) is 16.4 Å². The molecular formula is C25H20N8OS. The molecule has 6 aromatic rings. The van der Waals surface area contributed by atoms with Gasteiger partial charge in [-0.3, -0.25) is 9.48 Å². The van der Waals surface area contributed by atoms with Gasteiger partial charge in [-0.05, 0) is 36.8 Å². The second-order valence-corrected chi connectivity index (χ2v) is 9.13. The van der Waals surface area contributed by atoms with E-state index in [9.17, 15) is 4.79 Å². The van der Waals surface area contributed by atoms with Gasteiger partial charge in [0.2, 0.25) is 5.95 Å². The van der Waals surface area contributed by atoms with Crippen molar-refractivity contribution < 1.29 is 4.79 Å². The van der Waals surface area contributed by atoms with Crippen LogP contribution in [0.4, 0.5) is 23.1 Å². The fourth-order valence-electron chi connectivity index (χ4n) is 4.19. The number of nitrogens with one attached hydrogen (secondary N) is 2. The van der Waals surface area contributed by atoms with Crippen LogP contribution >= 0.6 is 11.3 Å². The smallest absolute Gasteiger partial charge is 0.258 e. The Bertz CT molecular complexity index is 1770. The average Bonchev–Trinajstić information content (AvgIpc) is 3.44. The van der Waals surface area contributed by atoms with Crippen LogP contribution in [0.3, 0.4) is 0 Å². The summed E-state index contributed by atoms with van der Waals surface area (Å²) in [5.41, 5.74) is 10.4. The van der Waals surface area contributed by atoms with Gasteiger partial charge in [0.1, 0.15) is 5.82 Å². The molecule has 6 rings (SSSR count). The molecular weight excluding hydrogens is 460 g/mol. The Kier molecular flexibility index (Phi) is 4.82. The van der Waals surface area contributed by atoms with Crippen LogP contribution in [0.2, 0.25) is 0 Å². The molecule has 4 N–H and O–H groups in total. The molecule has 0 atom stereocenters. The van der Waals surface area contributed by atoms with E-state index in [1.807, 2.05) is 61.2 Å². The van der Waals surface area contributed by atoms with Crippen molar-refractivity contribution >= 4 is 72.3 Å². The molecule has 1 amide bonds. The number of benzene rings is 2. The van der Waals surface area contributed by atoms with E-state index in [2.05, 4.69) is 30.7 Å². The first-order chi connectivity index (χ1) is 17.0. The quantitative estimate of drug-likeness (QED) is 0.324. The number of rotatable bonds is 4. The summed E-state index contributed by atoms with van der Waals surface area (Å²) >= 11 is 1.41. The van der Waals surface area contributed by atoms with Gasteiger partial charge < -0.3 is 16.4 Å². The molecule has 10 heteroatoms. The maximum atomic E-state index is 13.3. The highest BCUT2D eigenvalue weighted by Crippen LogP contribution is 2.33. The number of pyridine rings is 1. The Balaban J connectivity index is 1.38. The fourth-order valence-corrected chi connectivity index (χ4v) is 5.04. The highest BCUT2D eigenvalue weighted by atomic mass is 32.1. The van der Waals surface area contributed by atoms with Gasteiger partial charge in [-0.25, -0.2) is 15.0 Å². The predicted molar refractivity (Wildman–Crippen MR) is 140 cm³/mol. The monoisotopic (exact) mass is 480 g/mol. The highest BCUT2D eigenvalue weighted by molar-refractivity contribution is 7.17. The molecule has 0 saturated heterocycles. The molecule has 0 aliphatic heterocycles. The maximum absolute atomic E-state index is 13.3. The van der Waals surface area contributed by atoms with Crippen LogP contribution in [0, 0.1) is 6.92 Å². The van der Waals surface area contributed by atoms with Crippen LogP contribution < -0.4 is 16.4 Å². The number of nitrogen functional groups attached to an aromatic ring is 1. The number of aromatic nitrogens is 5. The number of hydrogen-bond acceptors (Lipinski definition) is 8.